The van der Waals surface area contributed by atoms with Crippen molar-refractivity contribution in [1.29, 1.82) is 0 Å². The first-order chi connectivity index (χ1) is 28.4. The average molecular weight is 895 g/mol. The average Bonchev–Trinajstić information content (AvgIpc) is 3.66. The van der Waals surface area contributed by atoms with Gasteiger partial charge in [0.25, 0.3) is 37.9 Å². The number of benzene rings is 4. The summed E-state index contributed by atoms with van der Waals surface area (Å²) in [7, 11) is -14.0. The molecule has 0 spiro atoms. The second kappa shape index (κ2) is 15.3. The number of carbonyl (C=O) groups is 3. The number of fused-ring (bicyclic) bond motifs is 6. The third kappa shape index (κ3) is 8.33. The summed E-state index contributed by atoms with van der Waals surface area (Å²) >= 11 is 0. The highest BCUT2D eigenvalue weighted by Crippen LogP contribution is 2.53. The summed E-state index contributed by atoms with van der Waals surface area (Å²) in [5, 5.41) is 2.58. The van der Waals surface area contributed by atoms with Crippen molar-refractivity contribution >= 4 is 86.8 Å². The smallest absolute Gasteiger partial charge is 0.370 e. The molecule has 0 atom stereocenters. The zero-order valence-electron chi connectivity index (χ0n) is 33.1. The summed E-state index contributed by atoms with van der Waals surface area (Å²) in [6, 6.07) is 16.4. The molecule has 0 unspecified atom stereocenters. The normalized spacial score (nSPS) is 18.4. The Labute approximate surface area is 351 Å². The number of amides is 2. The zero-order valence-corrected chi connectivity index (χ0v) is 35.5. The molecule has 4 aromatic rings. The van der Waals surface area contributed by atoms with Gasteiger partial charge in [-0.25, -0.2) is 4.79 Å². The molecule has 61 heavy (non-hydrogen) atoms. The van der Waals surface area contributed by atoms with Crippen LogP contribution in [-0.4, -0.2) is 90.4 Å². The third-order valence-electron chi connectivity index (χ3n) is 10.8. The molecule has 20 heteroatoms. The lowest BCUT2D eigenvalue weighted by atomic mass is 9.79. The number of hydroxylamine groups is 2. The van der Waals surface area contributed by atoms with Crippen LogP contribution in [0.1, 0.15) is 51.7 Å². The van der Waals surface area contributed by atoms with E-state index in [2.05, 4.69) is 0 Å². The Morgan fingerprint density at radius 3 is 2.13 bits per heavy atom. The van der Waals surface area contributed by atoms with Crippen molar-refractivity contribution in [2.45, 2.75) is 56.3 Å². The SMILES string of the molecule is CC1(C)C(C=CC=CC=C2N(CS(=O)(=O)O)c3ccc4cc(S(=O)(=O)O)cc(OCC(=O)ON5C(=O)CCC5=O)c4c3C2(C)C)=[N+](CS(=O)(=O)O)c2ccc3ccccc3c21. The fourth-order valence-electron chi connectivity index (χ4n) is 8.32. The molecule has 0 aromatic heterocycles. The fourth-order valence-corrected chi connectivity index (χ4v) is 10.1. The van der Waals surface area contributed by atoms with Gasteiger partial charge >= 0.3 is 16.1 Å². The number of hydrogen-bond donors (Lipinski definition) is 3. The summed E-state index contributed by atoms with van der Waals surface area (Å²) in [5.74, 6) is -4.51. The van der Waals surface area contributed by atoms with E-state index in [1.165, 1.54) is 21.6 Å². The minimum absolute atomic E-state index is 0.156. The molecule has 0 saturated carbocycles. The number of carbonyl (C=O) groups excluding carboxylic acids is 3. The summed E-state index contributed by atoms with van der Waals surface area (Å²) in [4.78, 5) is 42.4. The van der Waals surface area contributed by atoms with Crippen LogP contribution in [0.4, 0.5) is 11.4 Å². The lowest BCUT2D eigenvalue weighted by Crippen LogP contribution is -2.34. The van der Waals surface area contributed by atoms with Gasteiger partial charge in [-0.1, -0.05) is 62.4 Å². The number of allylic oxidation sites excluding steroid dienone is 6. The topological polar surface area (TPSA) is 242 Å². The van der Waals surface area contributed by atoms with Crippen LogP contribution in [0, 0.1) is 0 Å². The molecule has 0 aliphatic carbocycles. The Morgan fingerprint density at radius 2 is 1.48 bits per heavy atom. The predicted octanol–water partition coefficient (Wildman–Crippen LogP) is 5.09. The van der Waals surface area contributed by atoms with E-state index in [4.69, 9.17) is 9.57 Å². The van der Waals surface area contributed by atoms with E-state index < -0.39 is 82.2 Å². The van der Waals surface area contributed by atoms with E-state index in [0.29, 0.717) is 27.7 Å². The van der Waals surface area contributed by atoms with Crippen LogP contribution in [0.15, 0.2) is 102 Å². The van der Waals surface area contributed by atoms with E-state index in [1.807, 2.05) is 50.2 Å². The predicted molar refractivity (Wildman–Crippen MR) is 223 cm³/mol. The monoisotopic (exact) mass is 894 g/mol. The molecule has 3 N–H and O–H groups in total. The lowest BCUT2D eigenvalue weighted by Gasteiger charge is -2.26. The zero-order chi connectivity index (χ0) is 44.4. The summed E-state index contributed by atoms with van der Waals surface area (Å²) < 4.78 is 111. The summed E-state index contributed by atoms with van der Waals surface area (Å²) in [6.45, 7) is 6.43. The van der Waals surface area contributed by atoms with Gasteiger partial charge in [-0.05, 0) is 59.8 Å². The van der Waals surface area contributed by atoms with E-state index >= 15 is 0 Å². The van der Waals surface area contributed by atoms with Crippen LogP contribution in [0.2, 0.25) is 0 Å². The molecule has 7 rings (SSSR count). The second-order valence-electron chi connectivity index (χ2n) is 15.7. The van der Waals surface area contributed by atoms with Crippen molar-refractivity contribution in [3.05, 3.63) is 108 Å². The number of imide groups is 1. The van der Waals surface area contributed by atoms with Crippen LogP contribution in [-0.2, 0) is 60.4 Å². The van der Waals surface area contributed by atoms with Crippen LogP contribution in [0.5, 0.6) is 5.75 Å². The Hall–Kier alpha value is -5.77. The molecule has 2 amide bonds. The van der Waals surface area contributed by atoms with Gasteiger partial charge in [-0.3, -0.25) is 23.2 Å². The molecular formula is C41H40N3O14S3+. The van der Waals surface area contributed by atoms with Crippen molar-refractivity contribution in [3.63, 3.8) is 0 Å². The minimum atomic E-state index is -4.84. The van der Waals surface area contributed by atoms with Gasteiger partial charge in [-0.15, -0.1) is 5.06 Å². The molecule has 17 nitrogen and oxygen atoms in total. The maximum Gasteiger partial charge on any atom is 0.370 e. The number of hydrogen-bond acceptors (Lipinski definition) is 12. The van der Waals surface area contributed by atoms with Crippen LogP contribution in [0.3, 0.4) is 0 Å². The number of anilines is 1. The van der Waals surface area contributed by atoms with Gasteiger partial charge in [0.1, 0.15) is 5.75 Å². The van der Waals surface area contributed by atoms with Gasteiger partial charge in [0.15, 0.2) is 18.2 Å². The lowest BCUT2D eigenvalue weighted by molar-refractivity contribution is -0.415. The van der Waals surface area contributed by atoms with E-state index in [0.717, 1.165) is 28.5 Å². The van der Waals surface area contributed by atoms with Gasteiger partial charge < -0.3 is 14.5 Å². The number of nitrogens with zero attached hydrogens (tertiary/aromatic N) is 3. The highest BCUT2D eigenvalue weighted by Gasteiger charge is 2.47. The molecule has 3 aliphatic rings. The molecule has 320 valence electrons. The van der Waals surface area contributed by atoms with Crippen LogP contribution < -0.4 is 9.64 Å². The second-order valence-corrected chi connectivity index (χ2v) is 19.9. The third-order valence-corrected chi connectivity index (χ3v) is 12.8. The Balaban J connectivity index is 1.28. The molecule has 1 saturated heterocycles. The highest BCUT2D eigenvalue weighted by molar-refractivity contribution is 7.86. The van der Waals surface area contributed by atoms with E-state index in [9.17, 15) is 53.3 Å². The van der Waals surface area contributed by atoms with Gasteiger partial charge in [0.05, 0.1) is 10.3 Å². The molecule has 1 fully saturated rings. The van der Waals surface area contributed by atoms with Gasteiger partial charge in [0, 0.05) is 58.8 Å². The van der Waals surface area contributed by atoms with Crippen molar-refractivity contribution in [2.75, 3.05) is 23.3 Å². The first kappa shape index (κ1) is 43.3. The van der Waals surface area contributed by atoms with Gasteiger partial charge in [0.2, 0.25) is 5.69 Å². The molecular weight excluding hydrogens is 855 g/mol. The van der Waals surface area contributed by atoms with Crippen molar-refractivity contribution in [3.8, 4) is 5.75 Å². The van der Waals surface area contributed by atoms with Crippen LogP contribution in [0.25, 0.3) is 21.5 Å². The first-order valence-corrected chi connectivity index (χ1v) is 23.2. The largest absolute Gasteiger partial charge is 0.481 e. The quantitative estimate of drug-likeness (QED) is 0.0727. The maximum absolute atomic E-state index is 12.8. The standard InChI is InChI=1S/C41H39N3O14S3/c1-40(2)32(42(23-59(48,49)50)29-16-14-25-10-8-9-11-28(25)38(29)40)12-6-5-7-13-33-41(3,4)39-30(43(33)24-60(51,52)53)17-15-26-20-27(61(54,55)56)21-31(37(26)39)57-22-36(47)58-44-34(45)18-19-35(44)46/h5-17,20-21H,18-19,22-24H2,1-4H3,(H2-,48,49,50,51,52,53,54,55,56)/p+1. The Kier molecular flexibility index (Phi) is 10.9. The Bertz CT molecular complexity index is 3040. The number of ether oxygens (including phenoxy) is 1. The van der Waals surface area contributed by atoms with Crippen LogP contribution >= 0.6 is 0 Å². The van der Waals surface area contributed by atoms with Crippen molar-refractivity contribution in [1.82, 2.24) is 5.06 Å². The van der Waals surface area contributed by atoms with Gasteiger partial charge in [-0.2, -0.15) is 29.8 Å². The maximum atomic E-state index is 12.8. The summed E-state index contributed by atoms with van der Waals surface area (Å²) in [5.41, 5.74) is 1.19. The molecule has 0 radical (unpaired) electrons. The summed E-state index contributed by atoms with van der Waals surface area (Å²) in [6.07, 6.45) is 7.87. The number of rotatable bonds is 12. The Morgan fingerprint density at radius 1 is 0.803 bits per heavy atom. The van der Waals surface area contributed by atoms with E-state index in [-0.39, 0.29) is 35.1 Å². The molecule has 0 bridgehead atoms. The first-order valence-electron chi connectivity index (χ1n) is 18.6. The van der Waals surface area contributed by atoms with Crippen molar-refractivity contribution < 1.29 is 67.4 Å². The van der Waals surface area contributed by atoms with E-state index in [1.54, 1.807) is 44.2 Å². The highest BCUT2D eigenvalue weighted by atomic mass is 32.2. The van der Waals surface area contributed by atoms with Crippen molar-refractivity contribution in [2.24, 2.45) is 0 Å². The minimum Gasteiger partial charge on any atom is -0.481 e. The fraction of sp³-hybridized carbons (Fsp3) is 0.268. The molecule has 3 heterocycles. The molecule has 3 aliphatic heterocycles. The molecule has 4 aromatic carbocycles.